The van der Waals surface area contributed by atoms with Crippen molar-refractivity contribution in [2.24, 2.45) is 7.05 Å². The molecule has 3 aromatic rings. The first kappa shape index (κ1) is 20.1. The highest BCUT2D eigenvalue weighted by Gasteiger charge is 2.30. The Morgan fingerprint density at radius 3 is 2.43 bits per heavy atom. The fourth-order valence-electron chi connectivity index (χ4n) is 2.81. The lowest BCUT2D eigenvalue weighted by molar-refractivity contribution is -0.137. The average molecular weight is 409 g/mol. The summed E-state index contributed by atoms with van der Waals surface area (Å²) in [6.45, 7) is 0. The van der Waals surface area contributed by atoms with Crippen molar-refractivity contribution in [3.8, 4) is 11.1 Å². The highest BCUT2D eigenvalue weighted by Crippen LogP contribution is 2.32. The number of aryl methyl sites for hydroxylation is 1. The van der Waals surface area contributed by atoms with Crippen LogP contribution in [0.4, 0.5) is 13.2 Å². The van der Waals surface area contributed by atoms with Gasteiger partial charge in [-0.05, 0) is 42.4 Å². The Kier molecular flexibility index (Phi) is 5.31. The van der Waals surface area contributed by atoms with Gasteiger partial charge in [0.05, 0.1) is 16.8 Å². The second kappa shape index (κ2) is 7.40. The molecule has 0 saturated heterocycles. The molecule has 0 radical (unpaired) electrons. The Morgan fingerprint density at radius 2 is 1.82 bits per heavy atom. The van der Waals surface area contributed by atoms with Crippen molar-refractivity contribution in [1.82, 2.24) is 14.5 Å². The van der Waals surface area contributed by atoms with Gasteiger partial charge in [-0.15, -0.1) is 0 Å². The van der Waals surface area contributed by atoms with Crippen molar-refractivity contribution in [1.29, 1.82) is 0 Å². The van der Waals surface area contributed by atoms with E-state index in [1.54, 1.807) is 30.1 Å². The van der Waals surface area contributed by atoms with E-state index in [1.165, 1.54) is 25.3 Å². The van der Waals surface area contributed by atoms with E-state index < -0.39 is 21.8 Å². The van der Waals surface area contributed by atoms with Gasteiger partial charge in [-0.25, -0.2) is 13.1 Å². The standard InChI is InChI=1S/C19H18F3N3O2S/c1-23-28(26,27)9-3-4-14-10-15(11-16-12-25(2)24-18(14)16)13-5-7-17(8-6-13)19(20,21)22/h3-8,10-12,23H,9H2,1-2H3/b4-3+. The Bertz CT molecular complexity index is 1130. The smallest absolute Gasteiger partial charge is 0.275 e. The largest absolute Gasteiger partial charge is 0.416 e. The van der Waals surface area contributed by atoms with Gasteiger partial charge in [0.25, 0.3) is 0 Å². The molecule has 3 rings (SSSR count). The van der Waals surface area contributed by atoms with E-state index in [0.717, 1.165) is 17.5 Å². The van der Waals surface area contributed by atoms with Crippen molar-refractivity contribution in [3.05, 3.63) is 59.8 Å². The first-order valence-corrected chi connectivity index (χ1v) is 9.97. The maximum Gasteiger partial charge on any atom is 0.416 e. The molecule has 148 valence electrons. The molecule has 1 heterocycles. The van der Waals surface area contributed by atoms with Crippen molar-refractivity contribution < 1.29 is 21.6 Å². The van der Waals surface area contributed by atoms with E-state index in [0.29, 0.717) is 22.2 Å². The number of nitrogens with one attached hydrogen (secondary N) is 1. The van der Waals surface area contributed by atoms with Crippen LogP contribution >= 0.6 is 0 Å². The summed E-state index contributed by atoms with van der Waals surface area (Å²) in [6, 6.07) is 8.53. The van der Waals surface area contributed by atoms with Crippen molar-refractivity contribution in [2.45, 2.75) is 6.18 Å². The molecule has 2 aromatic carbocycles. The first-order chi connectivity index (χ1) is 13.1. The lowest BCUT2D eigenvalue weighted by Gasteiger charge is -2.09. The Hall–Kier alpha value is -2.65. The third-order valence-electron chi connectivity index (χ3n) is 4.22. The molecule has 0 saturated carbocycles. The zero-order valence-corrected chi connectivity index (χ0v) is 16.0. The van der Waals surface area contributed by atoms with E-state index in [1.807, 2.05) is 6.07 Å². The van der Waals surface area contributed by atoms with Gasteiger partial charge in [0.1, 0.15) is 0 Å². The van der Waals surface area contributed by atoms with Crippen LogP contribution in [0.15, 0.2) is 48.7 Å². The number of fused-ring (bicyclic) bond motifs is 1. The van der Waals surface area contributed by atoms with Gasteiger partial charge in [-0.2, -0.15) is 18.3 Å². The summed E-state index contributed by atoms with van der Waals surface area (Å²) < 4.78 is 65.4. The summed E-state index contributed by atoms with van der Waals surface area (Å²) in [7, 11) is -0.288. The SMILES string of the molecule is CNS(=O)(=O)C/C=C/c1cc(-c2ccc(C(F)(F)F)cc2)cc2cn(C)nc12. The molecule has 9 heteroatoms. The van der Waals surface area contributed by atoms with Gasteiger partial charge in [0.15, 0.2) is 0 Å². The zero-order chi connectivity index (χ0) is 20.5. The highest BCUT2D eigenvalue weighted by atomic mass is 32.2. The van der Waals surface area contributed by atoms with Gasteiger partial charge in [-0.3, -0.25) is 4.68 Å². The Labute approximate surface area is 160 Å². The number of halogens is 3. The molecule has 1 N–H and O–H groups in total. The van der Waals surface area contributed by atoms with Crippen LogP contribution in [0.2, 0.25) is 0 Å². The van der Waals surface area contributed by atoms with Crippen molar-refractivity contribution in [2.75, 3.05) is 12.8 Å². The minimum absolute atomic E-state index is 0.192. The summed E-state index contributed by atoms with van der Waals surface area (Å²) in [5.74, 6) is -0.192. The monoisotopic (exact) mass is 409 g/mol. The van der Waals surface area contributed by atoms with Crippen LogP contribution in [0.3, 0.4) is 0 Å². The lowest BCUT2D eigenvalue weighted by Crippen LogP contribution is -2.20. The van der Waals surface area contributed by atoms with Crippen LogP contribution in [0.25, 0.3) is 28.1 Å². The van der Waals surface area contributed by atoms with Crippen LogP contribution in [0.5, 0.6) is 0 Å². The number of nitrogens with zero attached hydrogens (tertiary/aromatic N) is 2. The number of rotatable bonds is 5. The maximum absolute atomic E-state index is 12.8. The van der Waals surface area contributed by atoms with E-state index >= 15 is 0 Å². The highest BCUT2D eigenvalue weighted by molar-refractivity contribution is 7.89. The van der Waals surface area contributed by atoms with Crippen LogP contribution < -0.4 is 4.72 Å². The Morgan fingerprint density at radius 1 is 1.14 bits per heavy atom. The number of hydrogen-bond acceptors (Lipinski definition) is 3. The van der Waals surface area contributed by atoms with E-state index in [2.05, 4.69) is 9.82 Å². The third kappa shape index (κ3) is 4.42. The topological polar surface area (TPSA) is 64.0 Å². The van der Waals surface area contributed by atoms with Crippen LogP contribution in [0, 0.1) is 0 Å². The van der Waals surface area contributed by atoms with Crippen LogP contribution in [-0.4, -0.2) is 31.0 Å². The van der Waals surface area contributed by atoms with Crippen LogP contribution in [-0.2, 0) is 23.2 Å². The quantitative estimate of drug-likeness (QED) is 0.697. The molecule has 0 aliphatic carbocycles. The first-order valence-electron chi connectivity index (χ1n) is 8.32. The average Bonchev–Trinajstić information content (AvgIpc) is 3.01. The van der Waals surface area contributed by atoms with E-state index in [4.69, 9.17) is 0 Å². The fraction of sp³-hybridized carbons (Fsp3) is 0.211. The molecule has 0 amide bonds. The third-order valence-corrected chi connectivity index (χ3v) is 5.48. The van der Waals surface area contributed by atoms with E-state index in [9.17, 15) is 21.6 Å². The molecule has 0 fully saturated rings. The second-order valence-electron chi connectivity index (χ2n) is 6.27. The summed E-state index contributed by atoms with van der Waals surface area (Å²) in [4.78, 5) is 0. The number of aromatic nitrogens is 2. The zero-order valence-electron chi connectivity index (χ0n) is 15.2. The lowest BCUT2D eigenvalue weighted by atomic mass is 9.99. The van der Waals surface area contributed by atoms with Crippen LogP contribution in [0.1, 0.15) is 11.1 Å². The number of hydrogen-bond donors (Lipinski definition) is 1. The molecule has 0 bridgehead atoms. The molecular formula is C19H18F3N3O2S. The minimum Gasteiger partial charge on any atom is -0.275 e. The number of sulfonamides is 1. The summed E-state index contributed by atoms with van der Waals surface area (Å²) in [5.41, 5.74) is 1.98. The molecular weight excluding hydrogens is 391 g/mol. The molecule has 0 spiro atoms. The summed E-state index contributed by atoms with van der Waals surface area (Å²) in [6.07, 6.45) is 0.562. The molecule has 0 aliphatic rings. The van der Waals surface area contributed by atoms with Gasteiger partial charge in [-0.1, -0.05) is 24.3 Å². The molecule has 0 unspecified atom stereocenters. The molecule has 5 nitrogen and oxygen atoms in total. The molecule has 0 aliphatic heterocycles. The Balaban J connectivity index is 2.03. The molecule has 28 heavy (non-hydrogen) atoms. The predicted octanol–water partition coefficient (Wildman–Crippen LogP) is 3.82. The maximum atomic E-state index is 12.8. The fourth-order valence-corrected chi connectivity index (χ4v) is 3.33. The van der Waals surface area contributed by atoms with Gasteiger partial charge < -0.3 is 0 Å². The van der Waals surface area contributed by atoms with Crippen molar-refractivity contribution >= 4 is 27.0 Å². The summed E-state index contributed by atoms with van der Waals surface area (Å²) >= 11 is 0. The number of benzene rings is 2. The number of alkyl halides is 3. The second-order valence-corrected chi connectivity index (χ2v) is 8.24. The van der Waals surface area contributed by atoms with Gasteiger partial charge in [0.2, 0.25) is 10.0 Å². The summed E-state index contributed by atoms with van der Waals surface area (Å²) in [5, 5.41) is 5.18. The van der Waals surface area contributed by atoms with Gasteiger partial charge >= 0.3 is 6.18 Å². The molecule has 1 aromatic heterocycles. The predicted molar refractivity (Wildman–Crippen MR) is 103 cm³/mol. The van der Waals surface area contributed by atoms with E-state index in [-0.39, 0.29) is 5.75 Å². The minimum atomic E-state index is -4.39. The van der Waals surface area contributed by atoms with Gasteiger partial charge in [0, 0.05) is 24.2 Å². The normalized spacial score (nSPS) is 12.9. The van der Waals surface area contributed by atoms with Crippen molar-refractivity contribution in [3.63, 3.8) is 0 Å². The molecule has 0 atom stereocenters.